The van der Waals surface area contributed by atoms with Crippen molar-refractivity contribution in [3.63, 3.8) is 0 Å². The maximum absolute atomic E-state index is 12.4. The molecule has 31 heavy (non-hydrogen) atoms. The number of anilines is 3. The fourth-order valence-electron chi connectivity index (χ4n) is 3.16. The Kier molecular flexibility index (Phi) is 6.37. The van der Waals surface area contributed by atoms with Gasteiger partial charge in [0.25, 0.3) is 0 Å². The molecular formula is C21H21F2N5O3. The van der Waals surface area contributed by atoms with E-state index in [1.165, 1.54) is 19.2 Å². The summed E-state index contributed by atoms with van der Waals surface area (Å²) in [5.41, 5.74) is 2.17. The Morgan fingerprint density at radius 3 is 2.55 bits per heavy atom. The minimum Gasteiger partial charge on any atom is -0.480 e. The highest BCUT2D eigenvalue weighted by molar-refractivity contribution is 5.72. The van der Waals surface area contributed by atoms with Gasteiger partial charge in [-0.3, -0.25) is 0 Å². The molecule has 10 heteroatoms. The fourth-order valence-corrected chi connectivity index (χ4v) is 3.16. The van der Waals surface area contributed by atoms with Crippen molar-refractivity contribution in [2.24, 2.45) is 0 Å². The van der Waals surface area contributed by atoms with Gasteiger partial charge in [-0.1, -0.05) is 12.1 Å². The second-order valence-corrected chi connectivity index (χ2v) is 6.65. The number of benzene rings is 1. The van der Waals surface area contributed by atoms with Crippen LogP contribution < -0.4 is 19.7 Å². The van der Waals surface area contributed by atoms with Crippen LogP contribution in [0.1, 0.15) is 0 Å². The molecule has 0 saturated carbocycles. The van der Waals surface area contributed by atoms with Crippen LogP contribution in [0.3, 0.4) is 0 Å². The van der Waals surface area contributed by atoms with Crippen molar-refractivity contribution in [2.45, 2.75) is 6.61 Å². The summed E-state index contributed by atoms with van der Waals surface area (Å²) in [5.74, 6) is 1.70. The molecule has 1 aliphatic heterocycles. The molecule has 0 bridgehead atoms. The summed E-state index contributed by atoms with van der Waals surface area (Å²) >= 11 is 0. The average molecular weight is 429 g/mol. The third-order valence-electron chi connectivity index (χ3n) is 4.66. The standard InChI is InChI=1S/C21H21F2N5O3/c1-29-19-17(26-18-6-7-24-21(27-18)28-8-10-30-11-9-28)12-15(13-25-19)14-2-4-16(5-3-14)31-20(22)23/h2-7,12-13,20H,8-11H2,1H3,(H,24,26,27). The van der Waals surface area contributed by atoms with E-state index in [4.69, 9.17) is 9.47 Å². The van der Waals surface area contributed by atoms with Crippen molar-refractivity contribution >= 4 is 17.5 Å². The number of aromatic nitrogens is 3. The number of rotatable bonds is 7. The molecule has 0 spiro atoms. The summed E-state index contributed by atoms with van der Waals surface area (Å²) in [6.45, 7) is -0.117. The van der Waals surface area contributed by atoms with Crippen molar-refractivity contribution in [3.05, 3.63) is 48.8 Å². The number of hydrogen-bond acceptors (Lipinski definition) is 8. The molecule has 162 valence electrons. The Labute approximate surface area is 177 Å². The topological polar surface area (TPSA) is 81.6 Å². The third kappa shape index (κ3) is 5.15. The normalized spacial score (nSPS) is 13.9. The molecule has 0 aliphatic carbocycles. The van der Waals surface area contributed by atoms with Gasteiger partial charge in [-0.15, -0.1) is 0 Å². The summed E-state index contributed by atoms with van der Waals surface area (Å²) in [5, 5.41) is 3.23. The molecule has 3 heterocycles. The van der Waals surface area contributed by atoms with Gasteiger partial charge in [0.2, 0.25) is 11.8 Å². The summed E-state index contributed by atoms with van der Waals surface area (Å²) in [6, 6.07) is 9.95. The molecule has 0 amide bonds. The second-order valence-electron chi connectivity index (χ2n) is 6.65. The van der Waals surface area contributed by atoms with Crippen LogP contribution in [0.4, 0.5) is 26.2 Å². The summed E-state index contributed by atoms with van der Waals surface area (Å²) in [4.78, 5) is 15.3. The van der Waals surface area contributed by atoms with Gasteiger partial charge in [0, 0.05) is 31.0 Å². The Morgan fingerprint density at radius 2 is 1.84 bits per heavy atom. The first kappa shape index (κ1) is 20.7. The van der Waals surface area contributed by atoms with Crippen LogP contribution >= 0.6 is 0 Å². The molecule has 1 aromatic carbocycles. The lowest BCUT2D eigenvalue weighted by molar-refractivity contribution is -0.0498. The van der Waals surface area contributed by atoms with E-state index in [0.717, 1.165) is 24.2 Å². The number of ether oxygens (including phenoxy) is 3. The number of hydrogen-bond donors (Lipinski definition) is 1. The lowest BCUT2D eigenvalue weighted by Crippen LogP contribution is -2.37. The minimum atomic E-state index is -2.86. The zero-order valence-corrected chi connectivity index (χ0v) is 16.8. The maximum Gasteiger partial charge on any atom is 0.387 e. The maximum atomic E-state index is 12.4. The van der Waals surface area contributed by atoms with Gasteiger partial charge >= 0.3 is 6.61 Å². The first-order valence-corrected chi connectivity index (χ1v) is 9.64. The molecule has 1 aliphatic rings. The quantitative estimate of drug-likeness (QED) is 0.609. The molecule has 0 radical (unpaired) electrons. The van der Waals surface area contributed by atoms with Gasteiger partial charge in [-0.2, -0.15) is 13.8 Å². The van der Waals surface area contributed by atoms with Crippen molar-refractivity contribution < 1.29 is 23.0 Å². The molecular weight excluding hydrogens is 408 g/mol. The monoisotopic (exact) mass is 429 g/mol. The van der Waals surface area contributed by atoms with Crippen LogP contribution in [0.25, 0.3) is 11.1 Å². The average Bonchev–Trinajstić information content (AvgIpc) is 2.80. The zero-order chi connectivity index (χ0) is 21.6. The zero-order valence-electron chi connectivity index (χ0n) is 16.8. The highest BCUT2D eigenvalue weighted by Gasteiger charge is 2.15. The van der Waals surface area contributed by atoms with Crippen LogP contribution in [-0.4, -0.2) is 55.0 Å². The lowest BCUT2D eigenvalue weighted by Gasteiger charge is -2.26. The molecule has 4 rings (SSSR count). The van der Waals surface area contributed by atoms with E-state index in [9.17, 15) is 8.78 Å². The molecule has 3 aromatic rings. The van der Waals surface area contributed by atoms with Gasteiger partial charge in [0.15, 0.2) is 0 Å². The second kappa shape index (κ2) is 9.52. The SMILES string of the molecule is COc1ncc(-c2ccc(OC(F)F)cc2)cc1Nc1ccnc(N2CCOCC2)n1. The third-order valence-corrected chi connectivity index (χ3v) is 4.66. The minimum absolute atomic E-state index is 0.0928. The molecule has 1 N–H and O–H groups in total. The van der Waals surface area contributed by atoms with Crippen LogP contribution in [0, 0.1) is 0 Å². The van der Waals surface area contributed by atoms with E-state index in [1.807, 2.05) is 6.07 Å². The Hall–Kier alpha value is -3.53. The predicted molar refractivity (Wildman–Crippen MR) is 111 cm³/mol. The lowest BCUT2D eigenvalue weighted by atomic mass is 10.1. The molecule has 1 saturated heterocycles. The van der Waals surface area contributed by atoms with Crippen molar-refractivity contribution in [1.29, 1.82) is 0 Å². The number of halogens is 2. The fraction of sp³-hybridized carbons (Fsp3) is 0.286. The molecule has 2 aromatic heterocycles. The highest BCUT2D eigenvalue weighted by atomic mass is 19.3. The molecule has 0 atom stereocenters. The molecule has 0 unspecified atom stereocenters. The molecule has 1 fully saturated rings. The van der Waals surface area contributed by atoms with E-state index in [2.05, 4.69) is 29.9 Å². The van der Waals surface area contributed by atoms with Gasteiger partial charge in [-0.25, -0.2) is 9.97 Å². The Morgan fingerprint density at radius 1 is 1.06 bits per heavy atom. The van der Waals surface area contributed by atoms with Crippen molar-refractivity contribution in [3.8, 4) is 22.8 Å². The van der Waals surface area contributed by atoms with Crippen LogP contribution in [0.5, 0.6) is 11.6 Å². The van der Waals surface area contributed by atoms with E-state index in [0.29, 0.717) is 36.5 Å². The van der Waals surface area contributed by atoms with E-state index < -0.39 is 6.61 Å². The first-order valence-electron chi connectivity index (χ1n) is 9.64. The predicted octanol–water partition coefficient (Wildman–Crippen LogP) is 3.73. The van der Waals surface area contributed by atoms with Crippen LogP contribution in [0.2, 0.25) is 0 Å². The van der Waals surface area contributed by atoms with E-state index in [-0.39, 0.29) is 5.75 Å². The first-order chi connectivity index (χ1) is 15.1. The van der Waals surface area contributed by atoms with Gasteiger partial charge in [-0.05, 0) is 29.8 Å². The highest BCUT2D eigenvalue weighted by Crippen LogP contribution is 2.31. The van der Waals surface area contributed by atoms with Gasteiger partial charge < -0.3 is 24.4 Å². The van der Waals surface area contributed by atoms with Crippen LogP contribution in [0.15, 0.2) is 48.8 Å². The molecule has 8 nitrogen and oxygen atoms in total. The number of nitrogens with one attached hydrogen (secondary N) is 1. The summed E-state index contributed by atoms with van der Waals surface area (Å²) in [6.07, 6.45) is 3.33. The van der Waals surface area contributed by atoms with Gasteiger partial charge in [0.1, 0.15) is 17.3 Å². The van der Waals surface area contributed by atoms with Crippen molar-refractivity contribution in [2.75, 3.05) is 43.6 Å². The van der Waals surface area contributed by atoms with E-state index >= 15 is 0 Å². The number of alkyl halides is 2. The number of nitrogens with zero attached hydrogens (tertiary/aromatic N) is 4. The largest absolute Gasteiger partial charge is 0.480 e. The number of morpholine rings is 1. The van der Waals surface area contributed by atoms with Gasteiger partial charge in [0.05, 0.1) is 20.3 Å². The summed E-state index contributed by atoms with van der Waals surface area (Å²) in [7, 11) is 1.53. The Bertz CT molecular complexity index is 1010. The smallest absolute Gasteiger partial charge is 0.387 e. The van der Waals surface area contributed by atoms with E-state index in [1.54, 1.807) is 30.6 Å². The number of methoxy groups -OCH3 is 1. The Balaban J connectivity index is 1.57. The summed E-state index contributed by atoms with van der Waals surface area (Å²) < 4.78 is 39.9. The van der Waals surface area contributed by atoms with Crippen molar-refractivity contribution in [1.82, 2.24) is 15.0 Å². The van der Waals surface area contributed by atoms with Crippen LogP contribution in [-0.2, 0) is 4.74 Å². The number of pyridine rings is 1.